The number of nitrogens with zero attached hydrogens (tertiary/aromatic N) is 2. The van der Waals surface area contributed by atoms with Crippen molar-refractivity contribution in [3.8, 4) is 0 Å². The molecule has 2 N–H and O–H groups in total. The van der Waals surface area contributed by atoms with Crippen LogP contribution in [0.25, 0.3) is 0 Å². The van der Waals surface area contributed by atoms with Crippen LogP contribution in [-0.2, 0) is 4.79 Å². The van der Waals surface area contributed by atoms with E-state index >= 15 is 0 Å². The Bertz CT molecular complexity index is 292. The molecule has 12 heavy (non-hydrogen) atoms. The van der Waals surface area contributed by atoms with E-state index in [0.717, 1.165) is 0 Å². The number of hydrogen-bond acceptors (Lipinski definition) is 6. The summed E-state index contributed by atoms with van der Waals surface area (Å²) in [7, 11) is 0. The number of Topliss-reactive ketones (excluding diaryl/α,β-unsaturated/α-hetero) is 1. The molecule has 0 bridgehead atoms. The Balaban J connectivity index is 3.16. The third-order valence-corrected chi connectivity index (χ3v) is 1.56. The second-order valence-corrected chi connectivity index (χ2v) is 2.26. The zero-order chi connectivity index (χ0) is 9.14. The van der Waals surface area contributed by atoms with Crippen molar-refractivity contribution in [1.82, 2.24) is 0 Å². The standard InChI is InChI=1S/C6H6N2O4/c9-4-2-1-3(7-11)6(10)5(4)8-12/h10-11H,1-2H2. The topological polar surface area (TPSA) is 99.3 Å². The van der Waals surface area contributed by atoms with Crippen LogP contribution in [0.3, 0.4) is 0 Å². The monoisotopic (exact) mass is 170 g/mol. The summed E-state index contributed by atoms with van der Waals surface area (Å²) in [5, 5.41) is 22.4. The molecule has 1 aliphatic rings. The molecule has 0 aromatic carbocycles. The molecule has 0 amide bonds. The predicted octanol–water partition coefficient (Wildman–Crippen LogP) is 0.716. The van der Waals surface area contributed by atoms with Crippen molar-refractivity contribution < 1.29 is 15.1 Å². The van der Waals surface area contributed by atoms with E-state index in [-0.39, 0.29) is 18.6 Å². The lowest BCUT2D eigenvalue weighted by Gasteiger charge is -2.09. The van der Waals surface area contributed by atoms with Gasteiger partial charge in [0.15, 0.2) is 17.2 Å². The van der Waals surface area contributed by atoms with Gasteiger partial charge < -0.3 is 10.3 Å². The molecule has 0 aromatic heterocycles. The summed E-state index contributed by atoms with van der Waals surface area (Å²) in [6, 6.07) is 0. The van der Waals surface area contributed by atoms with Crippen molar-refractivity contribution in [3.05, 3.63) is 16.4 Å². The maximum atomic E-state index is 10.8. The van der Waals surface area contributed by atoms with Crippen LogP contribution in [0, 0.1) is 4.91 Å². The van der Waals surface area contributed by atoms with E-state index < -0.39 is 17.2 Å². The van der Waals surface area contributed by atoms with Gasteiger partial charge >= 0.3 is 0 Å². The number of rotatable bonds is 1. The zero-order valence-electron chi connectivity index (χ0n) is 6.02. The molecule has 0 unspecified atom stereocenters. The Kier molecular flexibility index (Phi) is 2.18. The summed E-state index contributed by atoms with van der Waals surface area (Å²) >= 11 is 0. The van der Waals surface area contributed by atoms with E-state index in [1.807, 2.05) is 0 Å². The minimum atomic E-state index is -0.622. The summed E-state index contributed by atoms with van der Waals surface area (Å²) in [4.78, 5) is 20.9. The molecular formula is C6H6N2O4. The van der Waals surface area contributed by atoms with Gasteiger partial charge in [-0.3, -0.25) is 4.79 Å². The first-order valence-corrected chi connectivity index (χ1v) is 3.21. The highest BCUT2D eigenvalue weighted by atomic mass is 16.4. The fourth-order valence-electron chi connectivity index (χ4n) is 0.929. The first-order valence-electron chi connectivity index (χ1n) is 3.21. The molecule has 0 aromatic rings. The average Bonchev–Trinajstić information content (AvgIpc) is 2.06. The van der Waals surface area contributed by atoms with Gasteiger partial charge in [-0.15, -0.1) is 4.91 Å². The summed E-state index contributed by atoms with van der Waals surface area (Å²) in [6.07, 6.45) is 0.157. The second kappa shape index (κ2) is 3.12. The maximum Gasteiger partial charge on any atom is 0.194 e. The van der Waals surface area contributed by atoms with Crippen LogP contribution < -0.4 is 0 Å². The van der Waals surface area contributed by atoms with Crippen molar-refractivity contribution in [3.63, 3.8) is 0 Å². The number of aliphatic hydroxyl groups is 1. The molecule has 0 spiro atoms. The molecular weight excluding hydrogens is 164 g/mol. The summed E-state index contributed by atoms with van der Waals surface area (Å²) in [6.45, 7) is 0. The number of carbonyl (C=O) groups is 1. The Hall–Kier alpha value is -1.72. The smallest absolute Gasteiger partial charge is 0.194 e. The lowest BCUT2D eigenvalue weighted by Crippen LogP contribution is -2.18. The number of aliphatic hydroxyl groups excluding tert-OH is 1. The molecule has 0 radical (unpaired) electrons. The van der Waals surface area contributed by atoms with Crippen LogP contribution in [0.4, 0.5) is 0 Å². The highest BCUT2D eigenvalue weighted by molar-refractivity contribution is 6.11. The van der Waals surface area contributed by atoms with E-state index in [1.54, 1.807) is 0 Å². The van der Waals surface area contributed by atoms with Crippen LogP contribution >= 0.6 is 0 Å². The highest BCUT2D eigenvalue weighted by Gasteiger charge is 2.26. The van der Waals surface area contributed by atoms with Gasteiger partial charge in [0.1, 0.15) is 5.71 Å². The lowest BCUT2D eigenvalue weighted by molar-refractivity contribution is -0.115. The quantitative estimate of drug-likeness (QED) is 0.344. The van der Waals surface area contributed by atoms with Gasteiger partial charge in [-0.2, -0.15) is 0 Å². The molecule has 1 aliphatic carbocycles. The van der Waals surface area contributed by atoms with E-state index in [9.17, 15) is 9.70 Å². The minimum absolute atomic E-state index is 0.0323. The van der Waals surface area contributed by atoms with Crippen molar-refractivity contribution in [1.29, 1.82) is 0 Å². The van der Waals surface area contributed by atoms with Crippen molar-refractivity contribution >= 4 is 11.5 Å². The van der Waals surface area contributed by atoms with Gasteiger partial charge in [-0.05, 0) is 5.18 Å². The molecule has 0 saturated heterocycles. The van der Waals surface area contributed by atoms with Crippen molar-refractivity contribution in [2.75, 3.05) is 0 Å². The summed E-state index contributed by atoms with van der Waals surface area (Å²) < 4.78 is 0. The van der Waals surface area contributed by atoms with Crippen LogP contribution in [0.15, 0.2) is 21.8 Å². The number of nitroso groups, excluding NO2 is 1. The molecule has 0 heterocycles. The zero-order valence-corrected chi connectivity index (χ0v) is 6.02. The second-order valence-electron chi connectivity index (χ2n) is 2.26. The van der Waals surface area contributed by atoms with Crippen molar-refractivity contribution in [2.45, 2.75) is 12.8 Å². The van der Waals surface area contributed by atoms with Crippen LogP contribution in [0.2, 0.25) is 0 Å². The highest BCUT2D eigenvalue weighted by Crippen LogP contribution is 2.18. The van der Waals surface area contributed by atoms with Gasteiger partial charge in [0.2, 0.25) is 0 Å². The molecule has 6 heteroatoms. The number of hydrogen-bond donors (Lipinski definition) is 2. The maximum absolute atomic E-state index is 10.8. The average molecular weight is 170 g/mol. The fourth-order valence-corrected chi connectivity index (χ4v) is 0.929. The normalized spacial score (nSPS) is 21.7. The van der Waals surface area contributed by atoms with E-state index in [4.69, 9.17) is 10.3 Å². The molecule has 64 valence electrons. The Morgan fingerprint density at radius 2 is 2.00 bits per heavy atom. The predicted molar refractivity (Wildman–Crippen MR) is 38.9 cm³/mol. The molecule has 0 fully saturated rings. The summed E-state index contributed by atoms with van der Waals surface area (Å²) in [5.74, 6) is -1.15. The number of oxime groups is 1. The van der Waals surface area contributed by atoms with Crippen LogP contribution in [0.5, 0.6) is 0 Å². The van der Waals surface area contributed by atoms with Crippen molar-refractivity contribution in [2.24, 2.45) is 10.3 Å². The third-order valence-electron chi connectivity index (χ3n) is 1.56. The van der Waals surface area contributed by atoms with Gasteiger partial charge in [0.25, 0.3) is 0 Å². The van der Waals surface area contributed by atoms with Gasteiger partial charge in [0, 0.05) is 12.8 Å². The molecule has 0 atom stereocenters. The number of ketones is 1. The van der Waals surface area contributed by atoms with Gasteiger partial charge in [-0.25, -0.2) is 0 Å². The van der Waals surface area contributed by atoms with E-state index in [1.165, 1.54) is 0 Å². The first kappa shape index (κ1) is 8.38. The molecule has 6 nitrogen and oxygen atoms in total. The Morgan fingerprint density at radius 3 is 2.50 bits per heavy atom. The van der Waals surface area contributed by atoms with Gasteiger partial charge in [-0.1, -0.05) is 5.16 Å². The van der Waals surface area contributed by atoms with E-state index in [0.29, 0.717) is 0 Å². The summed E-state index contributed by atoms with van der Waals surface area (Å²) in [5.41, 5.74) is -0.641. The van der Waals surface area contributed by atoms with E-state index in [2.05, 4.69) is 10.3 Å². The fraction of sp³-hybridized carbons (Fsp3) is 0.333. The Labute approximate surface area is 67.2 Å². The molecule has 0 saturated carbocycles. The molecule has 0 aliphatic heterocycles. The first-order chi connectivity index (χ1) is 5.70. The minimum Gasteiger partial charge on any atom is -0.504 e. The van der Waals surface area contributed by atoms with Gasteiger partial charge in [0.05, 0.1) is 0 Å². The largest absolute Gasteiger partial charge is 0.504 e. The Morgan fingerprint density at radius 1 is 1.33 bits per heavy atom. The SMILES string of the molecule is O=NC1=C(O)C(=NO)CCC1=O. The molecule has 1 rings (SSSR count). The van der Waals surface area contributed by atoms with Crippen LogP contribution in [-0.4, -0.2) is 21.8 Å². The number of carbonyl (C=O) groups excluding carboxylic acids is 1. The number of allylic oxidation sites excluding steroid dienone is 2. The lowest BCUT2D eigenvalue weighted by atomic mass is 10.0. The third kappa shape index (κ3) is 1.18. The van der Waals surface area contributed by atoms with Crippen LogP contribution in [0.1, 0.15) is 12.8 Å².